The summed E-state index contributed by atoms with van der Waals surface area (Å²) in [5.41, 5.74) is 8.68. The van der Waals surface area contributed by atoms with Crippen LogP contribution in [0.25, 0.3) is 0 Å². The van der Waals surface area contributed by atoms with Crippen molar-refractivity contribution in [1.29, 1.82) is 0 Å². The van der Waals surface area contributed by atoms with Crippen molar-refractivity contribution in [2.75, 3.05) is 7.11 Å². The number of non-ortho nitro benzene ring substituents is 1. The molecule has 8 nitrogen and oxygen atoms in total. The molecule has 9 heteroatoms. The fraction of sp³-hybridized carbons (Fsp3) is 0.130. The average molecular weight is 451 g/mol. The second-order valence-electron chi connectivity index (χ2n) is 6.58. The Bertz CT molecular complexity index is 1100. The Morgan fingerprint density at radius 1 is 1.06 bits per heavy atom. The molecule has 0 aromatic heterocycles. The SMILES string of the molecule is COc1cc(C=NN=C(N)SCc2ccccc2)ccc1OCc1ccc([N+](=O)[O-])cc1. The molecule has 3 rings (SSSR count). The van der Waals surface area contributed by atoms with Crippen LogP contribution in [0.3, 0.4) is 0 Å². The quantitative estimate of drug-likeness (QED) is 0.218. The van der Waals surface area contributed by atoms with Crippen LogP contribution in [0.5, 0.6) is 11.5 Å². The number of nitrogens with two attached hydrogens (primary N) is 1. The molecule has 0 heterocycles. The monoisotopic (exact) mass is 450 g/mol. The summed E-state index contributed by atoms with van der Waals surface area (Å²) in [6, 6.07) is 21.5. The minimum Gasteiger partial charge on any atom is -0.493 e. The summed E-state index contributed by atoms with van der Waals surface area (Å²) in [6.07, 6.45) is 1.58. The number of hydrogen-bond donors (Lipinski definition) is 1. The smallest absolute Gasteiger partial charge is 0.269 e. The van der Waals surface area contributed by atoms with E-state index in [0.717, 1.165) is 22.4 Å². The standard InChI is InChI=1S/C23H22N4O4S/c1-30-22-13-19(14-25-26-23(24)32-16-18-5-3-2-4-6-18)9-12-21(22)31-15-17-7-10-20(11-8-17)27(28)29/h2-14H,15-16H2,1H3,(H2,24,26). The molecule has 0 amide bonds. The fourth-order valence-electron chi connectivity index (χ4n) is 2.67. The van der Waals surface area contributed by atoms with Crippen molar-refractivity contribution in [2.45, 2.75) is 12.4 Å². The number of thioether (sulfide) groups is 1. The largest absolute Gasteiger partial charge is 0.493 e. The second-order valence-corrected chi connectivity index (χ2v) is 7.58. The lowest BCUT2D eigenvalue weighted by Gasteiger charge is -2.11. The number of hydrogen-bond acceptors (Lipinski definition) is 7. The molecular weight excluding hydrogens is 428 g/mol. The molecule has 0 aliphatic heterocycles. The number of nitrogens with zero attached hydrogens (tertiary/aromatic N) is 3. The Hall–Kier alpha value is -3.85. The van der Waals surface area contributed by atoms with Crippen LogP contribution < -0.4 is 15.2 Å². The highest BCUT2D eigenvalue weighted by molar-refractivity contribution is 8.13. The van der Waals surface area contributed by atoms with Crippen molar-refractivity contribution < 1.29 is 14.4 Å². The summed E-state index contributed by atoms with van der Waals surface area (Å²) < 4.78 is 11.2. The van der Waals surface area contributed by atoms with Gasteiger partial charge in [0.15, 0.2) is 16.7 Å². The fourth-order valence-corrected chi connectivity index (χ4v) is 3.28. The minimum atomic E-state index is -0.437. The highest BCUT2D eigenvalue weighted by atomic mass is 32.2. The van der Waals surface area contributed by atoms with Crippen molar-refractivity contribution in [1.82, 2.24) is 0 Å². The Morgan fingerprint density at radius 2 is 1.81 bits per heavy atom. The highest BCUT2D eigenvalue weighted by Crippen LogP contribution is 2.28. The van der Waals surface area contributed by atoms with Crippen molar-refractivity contribution in [3.05, 3.63) is 99.6 Å². The van der Waals surface area contributed by atoms with Crippen molar-refractivity contribution in [2.24, 2.45) is 15.9 Å². The highest BCUT2D eigenvalue weighted by Gasteiger charge is 2.08. The van der Waals surface area contributed by atoms with Crippen molar-refractivity contribution >= 4 is 28.8 Å². The van der Waals surface area contributed by atoms with Crippen LogP contribution in [-0.2, 0) is 12.4 Å². The Balaban J connectivity index is 1.57. The summed E-state index contributed by atoms with van der Waals surface area (Å²) in [5.74, 6) is 1.80. The van der Waals surface area contributed by atoms with E-state index < -0.39 is 4.92 Å². The van der Waals surface area contributed by atoms with Crippen LogP contribution in [0.1, 0.15) is 16.7 Å². The van der Waals surface area contributed by atoms with Gasteiger partial charge < -0.3 is 15.2 Å². The van der Waals surface area contributed by atoms with Gasteiger partial charge in [-0.25, -0.2) is 0 Å². The summed E-state index contributed by atoms with van der Waals surface area (Å²) in [7, 11) is 1.55. The number of ether oxygens (including phenoxy) is 2. The maximum Gasteiger partial charge on any atom is 0.269 e. The number of amidine groups is 1. The second kappa shape index (κ2) is 11.5. The third kappa shape index (κ3) is 6.85. The predicted molar refractivity (Wildman–Crippen MR) is 127 cm³/mol. The molecule has 0 radical (unpaired) electrons. The van der Waals surface area contributed by atoms with E-state index in [9.17, 15) is 10.1 Å². The van der Waals surface area contributed by atoms with Gasteiger partial charge in [0.05, 0.1) is 18.2 Å². The number of benzene rings is 3. The molecule has 0 aliphatic rings. The summed E-state index contributed by atoms with van der Waals surface area (Å²) in [4.78, 5) is 10.3. The third-order valence-electron chi connectivity index (χ3n) is 4.32. The van der Waals surface area contributed by atoms with Gasteiger partial charge in [-0.2, -0.15) is 5.10 Å². The van der Waals surface area contributed by atoms with Crippen LogP contribution in [0.2, 0.25) is 0 Å². The Kier molecular flexibility index (Phi) is 8.22. The van der Waals surface area contributed by atoms with E-state index in [4.69, 9.17) is 15.2 Å². The normalized spacial score (nSPS) is 11.5. The van der Waals surface area contributed by atoms with Gasteiger partial charge in [0, 0.05) is 17.9 Å². The van der Waals surface area contributed by atoms with E-state index in [2.05, 4.69) is 10.2 Å². The average Bonchev–Trinajstić information content (AvgIpc) is 2.82. The van der Waals surface area contributed by atoms with E-state index >= 15 is 0 Å². The zero-order chi connectivity index (χ0) is 22.8. The molecular formula is C23H22N4O4S. The molecule has 3 aromatic rings. The van der Waals surface area contributed by atoms with Gasteiger partial charge in [-0.05, 0) is 47.0 Å². The van der Waals surface area contributed by atoms with E-state index in [1.807, 2.05) is 36.4 Å². The van der Waals surface area contributed by atoms with Crippen LogP contribution in [0.4, 0.5) is 5.69 Å². The number of nitro groups is 1. The number of methoxy groups -OCH3 is 1. The third-order valence-corrected chi connectivity index (χ3v) is 5.18. The molecule has 0 unspecified atom stereocenters. The van der Waals surface area contributed by atoms with Crippen LogP contribution in [0, 0.1) is 10.1 Å². The molecule has 32 heavy (non-hydrogen) atoms. The van der Waals surface area contributed by atoms with Crippen molar-refractivity contribution in [3.63, 3.8) is 0 Å². The first-order chi connectivity index (χ1) is 15.5. The van der Waals surface area contributed by atoms with Gasteiger partial charge in [0.1, 0.15) is 6.61 Å². The van der Waals surface area contributed by atoms with Gasteiger partial charge >= 0.3 is 0 Å². The first kappa shape index (κ1) is 22.8. The lowest BCUT2D eigenvalue weighted by molar-refractivity contribution is -0.384. The molecule has 0 saturated heterocycles. The maximum absolute atomic E-state index is 10.7. The van der Waals surface area contributed by atoms with Gasteiger partial charge in [0.25, 0.3) is 5.69 Å². The lowest BCUT2D eigenvalue weighted by Crippen LogP contribution is -2.06. The molecule has 0 saturated carbocycles. The maximum atomic E-state index is 10.7. The summed E-state index contributed by atoms with van der Waals surface area (Å²) >= 11 is 1.41. The van der Waals surface area contributed by atoms with Crippen molar-refractivity contribution in [3.8, 4) is 11.5 Å². The zero-order valence-electron chi connectivity index (χ0n) is 17.4. The minimum absolute atomic E-state index is 0.0386. The lowest BCUT2D eigenvalue weighted by atomic mass is 10.2. The molecule has 0 spiro atoms. The first-order valence-corrected chi connectivity index (χ1v) is 10.6. The molecule has 2 N–H and O–H groups in total. The van der Waals surface area contributed by atoms with Crippen LogP contribution >= 0.6 is 11.8 Å². The van der Waals surface area contributed by atoms with Gasteiger partial charge in [-0.15, -0.1) is 5.10 Å². The van der Waals surface area contributed by atoms with E-state index in [-0.39, 0.29) is 12.3 Å². The summed E-state index contributed by atoms with van der Waals surface area (Å²) in [5, 5.41) is 19.2. The molecule has 0 bridgehead atoms. The van der Waals surface area contributed by atoms with E-state index in [1.165, 1.54) is 23.9 Å². The van der Waals surface area contributed by atoms with E-state index in [0.29, 0.717) is 16.7 Å². The van der Waals surface area contributed by atoms with Gasteiger partial charge in [0.2, 0.25) is 0 Å². The van der Waals surface area contributed by atoms with Crippen LogP contribution in [0.15, 0.2) is 83.0 Å². The number of nitro benzene ring substituents is 1. The zero-order valence-corrected chi connectivity index (χ0v) is 18.2. The predicted octanol–water partition coefficient (Wildman–Crippen LogP) is 4.76. The van der Waals surface area contributed by atoms with Crippen LogP contribution in [-0.4, -0.2) is 23.4 Å². The Morgan fingerprint density at radius 3 is 2.50 bits per heavy atom. The molecule has 0 fully saturated rings. The molecule has 0 aliphatic carbocycles. The molecule has 164 valence electrons. The first-order valence-electron chi connectivity index (χ1n) is 9.62. The number of rotatable bonds is 9. The summed E-state index contributed by atoms with van der Waals surface area (Å²) in [6.45, 7) is 0.251. The Labute approximate surface area is 189 Å². The van der Waals surface area contributed by atoms with E-state index in [1.54, 1.807) is 37.6 Å². The molecule has 0 atom stereocenters. The van der Waals surface area contributed by atoms with Gasteiger partial charge in [-0.3, -0.25) is 10.1 Å². The molecule has 3 aromatic carbocycles. The topological polar surface area (TPSA) is 112 Å². The van der Waals surface area contributed by atoms with Gasteiger partial charge in [-0.1, -0.05) is 42.1 Å².